The van der Waals surface area contributed by atoms with Crippen molar-refractivity contribution in [2.24, 2.45) is 39.9 Å². The molecule has 0 aliphatic heterocycles. The summed E-state index contributed by atoms with van der Waals surface area (Å²) >= 11 is 0. The predicted octanol–water partition coefficient (Wildman–Crippen LogP) is 8.75. The van der Waals surface area contributed by atoms with Crippen molar-refractivity contribution in [1.82, 2.24) is 0 Å². The third-order valence-electron chi connectivity index (χ3n) is 11.4. The molecule has 3 unspecified atom stereocenters. The number of carbonyl (C=O) groups excluding carboxylic acids is 1. The molecule has 0 radical (unpaired) electrons. The Labute approximate surface area is 226 Å². The molecule has 0 aromatic heterocycles. The smallest absolute Gasteiger partial charge is 0.330 e. The van der Waals surface area contributed by atoms with Gasteiger partial charge in [0.1, 0.15) is 6.10 Å². The van der Waals surface area contributed by atoms with Crippen molar-refractivity contribution < 1.29 is 19.4 Å². The summed E-state index contributed by atoms with van der Waals surface area (Å²) in [6.45, 7) is 17.6. The van der Waals surface area contributed by atoms with E-state index in [0.717, 1.165) is 38.5 Å². The Morgan fingerprint density at radius 1 is 1.19 bits per heavy atom. The Bertz CT molecular complexity index is 898. The Morgan fingerprint density at radius 2 is 1.89 bits per heavy atom. The van der Waals surface area contributed by atoms with Gasteiger partial charge in [0.2, 0.25) is 0 Å². The summed E-state index contributed by atoms with van der Waals surface area (Å²) in [4.78, 5) is 23.1. The van der Waals surface area contributed by atoms with Gasteiger partial charge >= 0.3 is 11.9 Å². The highest BCUT2D eigenvalue weighted by Crippen LogP contribution is 2.69. The molecule has 0 aromatic carbocycles. The maximum Gasteiger partial charge on any atom is 0.330 e. The Hall–Kier alpha value is -1.58. The van der Waals surface area contributed by atoms with Crippen molar-refractivity contribution >= 4 is 11.9 Å². The minimum Gasteiger partial charge on any atom is -0.478 e. The van der Waals surface area contributed by atoms with Gasteiger partial charge in [-0.05, 0) is 99.2 Å². The lowest BCUT2D eigenvalue weighted by molar-refractivity contribution is -0.156. The molecule has 210 valence electrons. The van der Waals surface area contributed by atoms with E-state index in [9.17, 15) is 14.7 Å². The fraction of sp³-hybridized carbons (Fsp3) is 0.818. The van der Waals surface area contributed by atoms with Crippen molar-refractivity contribution in [3.05, 3.63) is 23.3 Å². The van der Waals surface area contributed by atoms with E-state index in [1.54, 1.807) is 19.4 Å². The number of ether oxygens (including phenoxy) is 1. The number of unbranched alkanes of at least 4 members (excludes halogenated alkanes) is 1. The van der Waals surface area contributed by atoms with Gasteiger partial charge in [-0.1, -0.05) is 72.1 Å². The molecule has 3 aliphatic carbocycles. The zero-order valence-electron chi connectivity index (χ0n) is 25.0. The number of fused-ring (bicyclic) bond motifs is 3. The van der Waals surface area contributed by atoms with Crippen LogP contribution >= 0.6 is 0 Å². The molecule has 4 nitrogen and oxygen atoms in total. The van der Waals surface area contributed by atoms with Crippen LogP contribution in [0.2, 0.25) is 0 Å². The van der Waals surface area contributed by atoms with Gasteiger partial charge < -0.3 is 9.84 Å². The Morgan fingerprint density at radius 3 is 2.51 bits per heavy atom. The molecule has 0 spiro atoms. The van der Waals surface area contributed by atoms with E-state index in [0.29, 0.717) is 34.7 Å². The van der Waals surface area contributed by atoms with Crippen LogP contribution in [-0.2, 0) is 14.3 Å². The second kappa shape index (κ2) is 11.7. The normalized spacial score (nSPS) is 33.7. The van der Waals surface area contributed by atoms with E-state index in [1.165, 1.54) is 32.1 Å². The fourth-order valence-corrected chi connectivity index (χ4v) is 8.63. The maximum absolute atomic E-state index is 11.9. The monoisotopic (exact) mass is 514 g/mol. The summed E-state index contributed by atoms with van der Waals surface area (Å²) < 4.78 is 5.92. The number of rotatable bonds is 11. The molecule has 0 aromatic rings. The van der Waals surface area contributed by atoms with Crippen molar-refractivity contribution in [3.8, 4) is 0 Å². The molecule has 1 N–H and O–H groups in total. The van der Waals surface area contributed by atoms with E-state index in [4.69, 9.17) is 4.74 Å². The summed E-state index contributed by atoms with van der Waals surface area (Å²) in [7, 11) is 0. The van der Waals surface area contributed by atoms with Crippen LogP contribution in [0.1, 0.15) is 126 Å². The van der Waals surface area contributed by atoms with E-state index in [2.05, 4.69) is 47.6 Å². The highest BCUT2D eigenvalue weighted by atomic mass is 16.5. The Kier molecular flexibility index (Phi) is 9.44. The predicted molar refractivity (Wildman–Crippen MR) is 151 cm³/mol. The third-order valence-corrected chi connectivity index (χ3v) is 11.4. The zero-order valence-corrected chi connectivity index (χ0v) is 25.0. The van der Waals surface area contributed by atoms with Crippen LogP contribution in [0.3, 0.4) is 0 Å². The molecule has 3 aliphatic rings. The first-order valence-electron chi connectivity index (χ1n) is 15.1. The molecule has 4 heteroatoms. The van der Waals surface area contributed by atoms with Gasteiger partial charge in [-0.15, -0.1) is 0 Å². The largest absolute Gasteiger partial charge is 0.478 e. The fourth-order valence-electron chi connectivity index (χ4n) is 8.63. The molecule has 2 fully saturated rings. The first kappa shape index (κ1) is 30.0. The lowest BCUT2D eigenvalue weighted by Crippen LogP contribution is -2.48. The molecule has 2 saturated carbocycles. The van der Waals surface area contributed by atoms with Crippen molar-refractivity contribution in [2.75, 3.05) is 0 Å². The molecule has 0 heterocycles. The lowest BCUT2D eigenvalue weighted by atomic mass is 9.48. The molecule has 37 heavy (non-hydrogen) atoms. The van der Waals surface area contributed by atoms with Gasteiger partial charge in [-0.3, -0.25) is 4.79 Å². The van der Waals surface area contributed by atoms with Crippen LogP contribution in [0.5, 0.6) is 0 Å². The number of aliphatic carboxylic acids is 1. The van der Waals surface area contributed by atoms with Gasteiger partial charge in [0.05, 0.1) is 0 Å². The number of carbonyl (C=O) groups is 2. The van der Waals surface area contributed by atoms with Crippen molar-refractivity contribution in [3.63, 3.8) is 0 Å². The molecule has 0 saturated heterocycles. The average Bonchev–Trinajstić information content (AvgIpc) is 3.12. The van der Waals surface area contributed by atoms with Gasteiger partial charge in [0.25, 0.3) is 0 Å². The zero-order chi connectivity index (χ0) is 27.6. The summed E-state index contributed by atoms with van der Waals surface area (Å²) in [6.07, 6.45) is 17.0. The summed E-state index contributed by atoms with van der Waals surface area (Å²) in [5, 5.41) is 9.18. The molecule has 0 amide bonds. The third kappa shape index (κ3) is 5.88. The average molecular weight is 515 g/mol. The van der Waals surface area contributed by atoms with Gasteiger partial charge in [-0.25, -0.2) is 4.79 Å². The van der Waals surface area contributed by atoms with Crippen LogP contribution < -0.4 is 0 Å². The summed E-state index contributed by atoms with van der Waals surface area (Å²) in [5.41, 5.74) is 2.73. The van der Waals surface area contributed by atoms with Crippen molar-refractivity contribution in [2.45, 2.75) is 132 Å². The maximum atomic E-state index is 11.9. The van der Waals surface area contributed by atoms with Crippen LogP contribution in [0.25, 0.3) is 0 Å². The number of hydrogen-bond donors (Lipinski definition) is 1. The Balaban J connectivity index is 1.76. The van der Waals surface area contributed by atoms with Crippen LogP contribution in [-0.4, -0.2) is 23.1 Å². The minimum absolute atomic E-state index is 0.00938. The standard InChI is InChI=1S/C33H54O4/c1-9-10-14-29(37-24(4)34)31(5,6)26-15-16-28-25(21-26)17-19-32(7)27(18-20-33(28,32)8)22(2)12-11-13-23(3)30(35)36/h13,16,22,25-27,29H,9-12,14-15,17-21H2,1-8H3,(H,35,36)/b23-13-/t22?,25?,26?,27-,29+,32-,33+/m0/s1. The quantitative estimate of drug-likeness (QED) is 0.170. The molecular weight excluding hydrogens is 460 g/mol. The van der Waals surface area contributed by atoms with Crippen LogP contribution in [0.4, 0.5) is 0 Å². The summed E-state index contributed by atoms with van der Waals surface area (Å²) in [6, 6.07) is 0. The SMILES string of the molecule is CCCC[C@@H](OC(C)=O)C(C)(C)C1CC=C2C(CC[C@@]3(C)[C@H](C(C)CC/C=C(/C)C(=O)O)CC[C@]23C)C1. The van der Waals surface area contributed by atoms with E-state index >= 15 is 0 Å². The van der Waals surface area contributed by atoms with E-state index in [1.807, 2.05) is 6.08 Å². The highest BCUT2D eigenvalue weighted by molar-refractivity contribution is 5.85. The number of allylic oxidation sites excluding steroid dienone is 3. The van der Waals surface area contributed by atoms with Gasteiger partial charge in [-0.2, -0.15) is 0 Å². The number of carboxylic acids is 1. The van der Waals surface area contributed by atoms with Gasteiger partial charge in [0.15, 0.2) is 0 Å². The minimum atomic E-state index is -0.804. The lowest BCUT2D eigenvalue weighted by Gasteiger charge is -2.56. The molecular formula is C33H54O4. The molecule has 0 bridgehead atoms. The first-order valence-corrected chi connectivity index (χ1v) is 15.1. The first-order chi connectivity index (χ1) is 17.3. The second-order valence-corrected chi connectivity index (χ2v) is 13.8. The van der Waals surface area contributed by atoms with Crippen LogP contribution in [0, 0.1) is 39.9 Å². The van der Waals surface area contributed by atoms with Gasteiger partial charge in [0, 0.05) is 17.9 Å². The number of carboxylic acid groups (broad SMARTS) is 1. The highest BCUT2D eigenvalue weighted by Gasteiger charge is 2.60. The van der Waals surface area contributed by atoms with Crippen molar-refractivity contribution in [1.29, 1.82) is 0 Å². The molecule has 3 rings (SSSR count). The van der Waals surface area contributed by atoms with E-state index < -0.39 is 5.97 Å². The van der Waals surface area contributed by atoms with E-state index in [-0.39, 0.29) is 22.9 Å². The second-order valence-electron chi connectivity index (χ2n) is 13.8. The summed E-state index contributed by atoms with van der Waals surface area (Å²) in [5.74, 6) is 1.52. The number of esters is 1. The molecule has 7 atom stereocenters. The topological polar surface area (TPSA) is 63.6 Å². The number of hydrogen-bond acceptors (Lipinski definition) is 3. The van der Waals surface area contributed by atoms with Crippen LogP contribution in [0.15, 0.2) is 23.3 Å².